The largest absolute Gasteiger partial charge is 0.539 e. The third kappa shape index (κ3) is 3.23. The molecule has 0 atom stereocenters. The zero-order valence-electron chi connectivity index (χ0n) is 9.26. The minimum atomic E-state index is -0.277. The molecule has 0 spiro atoms. The Balaban J connectivity index is 1.94. The molecule has 1 N–H and O–H groups in total. The summed E-state index contributed by atoms with van der Waals surface area (Å²) in [6, 6.07) is 7.82. The molecule has 0 radical (unpaired) electrons. The molecule has 1 aromatic rings. The average Bonchev–Trinajstić information content (AvgIpc) is 2.31. The van der Waals surface area contributed by atoms with Crippen LogP contribution in [0, 0.1) is 0 Å². The summed E-state index contributed by atoms with van der Waals surface area (Å²) < 4.78 is 10.3. The predicted molar refractivity (Wildman–Crippen MR) is 62.5 cm³/mol. The number of rotatable bonds is 4. The summed E-state index contributed by atoms with van der Waals surface area (Å²) in [7, 11) is -0.277. The average molecular weight is 221 g/mol. The van der Waals surface area contributed by atoms with Gasteiger partial charge in [0, 0.05) is 19.6 Å². The van der Waals surface area contributed by atoms with Gasteiger partial charge in [0.2, 0.25) is 0 Å². The predicted octanol–water partition coefficient (Wildman–Crippen LogP) is 0.156. The zero-order valence-corrected chi connectivity index (χ0v) is 9.26. The third-order valence-electron chi connectivity index (χ3n) is 2.64. The summed E-state index contributed by atoms with van der Waals surface area (Å²) in [5.41, 5.74) is 1.20. The maximum absolute atomic E-state index is 8.68. The van der Waals surface area contributed by atoms with Crippen molar-refractivity contribution in [3.8, 4) is 5.75 Å². The summed E-state index contributed by atoms with van der Waals surface area (Å²) in [6.45, 7) is 4.49. The highest BCUT2D eigenvalue weighted by molar-refractivity contribution is 6.17. The van der Waals surface area contributed by atoms with Crippen LogP contribution in [-0.4, -0.2) is 43.9 Å². The number of morpholine rings is 1. The van der Waals surface area contributed by atoms with Gasteiger partial charge in [0.1, 0.15) is 5.75 Å². The van der Waals surface area contributed by atoms with Gasteiger partial charge in [0.05, 0.1) is 13.2 Å². The Kier molecular flexibility index (Phi) is 4.21. The van der Waals surface area contributed by atoms with Crippen LogP contribution in [0.15, 0.2) is 24.3 Å². The first kappa shape index (κ1) is 11.5. The van der Waals surface area contributed by atoms with Gasteiger partial charge in [0.15, 0.2) is 0 Å². The van der Waals surface area contributed by atoms with E-state index in [9.17, 15) is 0 Å². The van der Waals surface area contributed by atoms with Crippen molar-refractivity contribution in [2.75, 3.05) is 26.3 Å². The van der Waals surface area contributed by atoms with Gasteiger partial charge in [-0.15, -0.1) is 0 Å². The normalized spacial score (nSPS) is 17.1. The second-order valence-electron chi connectivity index (χ2n) is 3.81. The zero-order chi connectivity index (χ0) is 11.2. The second-order valence-corrected chi connectivity index (χ2v) is 3.81. The molecule has 4 nitrogen and oxygen atoms in total. The molecule has 86 valence electrons. The van der Waals surface area contributed by atoms with E-state index in [1.165, 1.54) is 5.56 Å². The van der Waals surface area contributed by atoms with Crippen molar-refractivity contribution in [1.82, 2.24) is 4.90 Å². The first-order valence-corrected chi connectivity index (χ1v) is 5.51. The molecule has 0 saturated carbocycles. The van der Waals surface area contributed by atoms with Crippen LogP contribution in [0.2, 0.25) is 0 Å². The smallest absolute Gasteiger partial charge is 0.504 e. The Morgan fingerprint density at radius 2 is 2.19 bits per heavy atom. The summed E-state index contributed by atoms with van der Waals surface area (Å²) in [4.78, 5) is 2.35. The minimum absolute atomic E-state index is 0.277. The molecule has 0 aliphatic carbocycles. The lowest BCUT2D eigenvalue weighted by Crippen LogP contribution is -2.35. The Labute approximate surface area is 96.1 Å². The number of hydrogen-bond donors (Lipinski definition) is 1. The maximum Gasteiger partial charge on any atom is 0.504 e. The van der Waals surface area contributed by atoms with Crippen molar-refractivity contribution < 1.29 is 14.4 Å². The number of benzene rings is 1. The lowest BCUT2D eigenvalue weighted by molar-refractivity contribution is 0.0342. The summed E-state index contributed by atoms with van der Waals surface area (Å²) in [5, 5.41) is 8.68. The van der Waals surface area contributed by atoms with Gasteiger partial charge in [-0.25, -0.2) is 0 Å². The van der Waals surface area contributed by atoms with Crippen molar-refractivity contribution >= 4 is 7.69 Å². The summed E-state index contributed by atoms with van der Waals surface area (Å²) in [5.74, 6) is 0.716. The van der Waals surface area contributed by atoms with Gasteiger partial charge in [0.25, 0.3) is 0 Å². The van der Waals surface area contributed by atoms with Gasteiger partial charge in [-0.3, -0.25) is 4.90 Å². The standard InChI is InChI=1S/C11H16BNO3/c14-12-16-11-3-1-2-10(8-11)9-13-4-6-15-7-5-13/h1-3,8,12,14H,4-7,9H2. The fraction of sp³-hybridized carbons (Fsp3) is 0.455. The van der Waals surface area contributed by atoms with Crippen LogP contribution in [-0.2, 0) is 11.3 Å². The fourth-order valence-electron chi connectivity index (χ4n) is 1.83. The van der Waals surface area contributed by atoms with Gasteiger partial charge < -0.3 is 14.4 Å². The molecule has 1 heterocycles. The third-order valence-corrected chi connectivity index (χ3v) is 2.64. The molecule has 5 heteroatoms. The molecule has 1 saturated heterocycles. The van der Waals surface area contributed by atoms with Crippen molar-refractivity contribution in [3.05, 3.63) is 29.8 Å². The topological polar surface area (TPSA) is 41.9 Å². The van der Waals surface area contributed by atoms with Crippen molar-refractivity contribution in [3.63, 3.8) is 0 Å². The van der Waals surface area contributed by atoms with E-state index in [2.05, 4.69) is 11.0 Å². The first-order chi connectivity index (χ1) is 7.88. The highest BCUT2D eigenvalue weighted by Gasteiger charge is 2.10. The second kappa shape index (κ2) is 5.89. The van der Waals surface area contributed by atoms with Crippen LogP contribution >= 0.6 is 0 Å². The first-order valence-electron chi connectivity index (χ1n) is 5.51. The van der Waals surface area contributed by atoms with E-state index >= 15 is 0 Å². The number of hydrogen-bond acceptors (Lipinski definition) is 4. The minimum Gasteiger partial charge on any atom is -0.539 e. The Bertz CT molecular complexity index is 329. The quantitative estimate of drug-likeness (QED) is 0.735. The molecule has 1 fully saturated rings. The highest BCUT2D eigenvalue weighted by Crippen LogP contribution is 2.15. The number of ether oxygens (including phenoxy) is 1. The lowest BCUT2D eigenvalue weighted by atomic mass is 10.2. The van der Waals surface area contributed by atoms with Gasteiger partial charge >= 0.3 is 7.69 Å². The fourth-order valence-corrected chi connectivity index (χ4v) is 1.83. The molecular weight excluding hydrogens is 205 g/mol. The molecule has 1 aromatic carbocycles. The van der Waals surface area contributed by atoms with Gasteiger partial charge in [-0.1, -0.05) is 12.1 Å². The van der Waals surface area contributed by atoms with Gasteiger partial charge in [-0.2, -0.15) is 0 Å². The molecule has 2 rings (SSSR count). The van der Waals surface area contributed by atoms with E-state index in [0.717, 1.165) is 32.8 Å². The van der Waals surface area contributed by atoms with Crippen LogP contribution < -0.4 is 4.65 Å². The SMILES string of the molecule is OBOc1cccc(CN2CCOCC2)c1. The van der Waals surface area contributed by atoms with Crippen LogP contribution in [0.25, 0.3) is 0 Å². The maximum atomic E-state index is 8.68. The molecular formula is C11H16BNO3. The van der Waals surface area contributed by atoms with E-state index in [1.54, 1.807) is 0 Å². The van der Waals surface area contributed by atoms with Crippen LogP contribution in [0.5, 0.6) is 5.75 Å². The van der Waals surface area contributed by atoms with E-state index in [-0.39, 0.29) is 7.69 Å². The summed E-state index contributed by atoms with van der Waals surface area (Å²) >= 11 is 0. The molecule has 0 aromatic heterocycles. The Hall–Kier alpha value is -1.04. The lowest BCUT2D eigenvalue weighted by Gasteiger charge is -2.26. The van der Waals surface area contributed by atoms with Crippen LogP contribution in [0.4, 0.5) is 0 Å². The van der Waals surface area contributed by atoms with E-state index < -0.39 is 0 Å². The molecule has 0 unspecified atom stereocenters. The van der Waals surface area contributed by atoms with Crippen LogP contribution in [0.1, 0.15) is 5.56 Å². The highest BCUT2D eigenvalue weighted by atomic mass is 16.5. The molecule has 1 aliphatic rings. The van der Waals surface area contributed by atoms with Crippen LogP contribution in [0.3, 0.4) is 0 Å². The molecule has 1 aliphatic heterocycles. The Morgan fingerprint density at radius 1 is 1.38 bits per heavy atom. The number of nitrogens with zero attached hydrogens (tertiary/aromatic N) is 1. The molecule has 0 bridgehead atoms. The van der Waals surface area contributed by atoms with E-state index in [4.69, 9.17) is 14.4 Å². The van der Waals surface area contributed by atoms with E-state index in [0.29, 0.717) is 5.75 Å². The monoisotopic (exact) mass is 221 g/mol. The van der Waals surface area contributed by atoms with Crippen molar-refractivity contribution in [2.45, 2.75) is 6.54 Å². The van der Waals surface area contributed by atoms with Gasteiger partial charge in [-0.05, 0) is 17.7 Å². The molecule has 16 heavy (non-hydrogen) atoms. The Morgan fingerprint density at radius 3 is 2.94 bits per heavy atom. The van der Waals surface area contributed by atoms with Crippen molar-refractivity contribution in [2.24, 2.45) is 0 Å². The van der Waals surface area contributed by atoms with E-state index in [1.807, 2.05) is 18.2 Å². The molecule has 0 amide bonds. The summed E-state index contributed by atoms with van der Waals surface area (Å²) in [6.07, 6.45) is 0. The van der Waals surface area contributed by atoms with Crippen molar-refractivity contribution in [1.29, 1.82) is 0 Å².